The number of hydrogen-bond acceptors (Lipinski definition) is 6. The number of benzene rings is 4. The molecule has 5 aromatic rings. The second-order valence-electron chi connectivity index (χ2n) is 11.7. The first-order valence-corrected chi connectivity index (χ1v) is 16.9. The van der Waals surface area contributed by atoms with Crippen LogP contribution in [0.25, 0.3) is 22.3 Å². The van der Waals surface area contributed by atoms with Crippen LogP contribution in [-0.2, 0) is 18.0 Å². The summed E-state index contributed by atoms with van der Waals surface area (Å²) in [6.45, 7) is 1.92. The van der Waals surface area contributed by atoms with E-state index in [2.05, 4.69) is 24.2 Å². The number of ether oxygens (including phenoxy) is 4. The summed E-state index contributed by atoms with van der Waals surface area (Å²) >= 11 is 0. The van der Waals surface area contributed by atoms with E-state index in [-0.39, 0.29) is 11.2 Å². The van der Waals surface area contributed by atoms with Gasteiger partial charge in [-0.25, -0.2) is 0 Å². The molecule has 6 nitrogen and oxygen atoms in total. The molecular formula is C42H44O6. The van der Waals surface area contributed by atoms with Gasteiger partial charge in [-0.3, -0.25) is 4.79 Å². The Balaban J connectivity index is 1.09. The first-order chi connectivity index (χ1) is 23.7. The van der Waals surface area contributed by atoms with E-state index in [1.807, 2.05) is 66.7 Å². The standard InChI is InChI=1S/C42H44O6/c1-44-39-30-35(26-27-38(39)47-32-34-22-14-11-15-23-34)41-42(40(43)36-24-16-17-25-37(36)48-41)46-29-19-9-7-5-3-2-4-6-8-18-28-45-31-33-20-12-10-13-21-33/h10-17,20-27,30H,2-9,18,28,31-32H2,1H3. The van der Waals surface area contributed by atoms with Crippen LogP contribution in [0.5, 0.6) is 17.2 Å². The minimum Gasteiger partial charge on any atom is -0.493 e. The van der Waals surface area contributed by atoms with Crippen LogP contribution >= 0.6 is 0 Å². The molecule has 0 atom stereocenters. The Morgan fingerprint density at radius 3 is 2.04 bits per heavy atom. The van der Waals surface area contributed by atoms with Crippen LogP contribution < -0.4 is 19.6 Å². The molecule has 0 N–H and O–H groups in total. The fourth-order valence-electron chi connectivity index (χ4n) is 5.45. The molecule has 1 aromatic heterocycles. The quantitative estimate of drug-likeness (QED) is 0.0699. The zero-order chi connectivity index (χ0) is 33.2. The van der Waals surface area contributed by atoms with Gasteiger partial charge in [0.2, 0.25) is 11.2 Å². The molecule has 0 spiro atoms. The van der Waals surface area contributed by atoms with E-state index in [0.717, 1.165) is 31.4 Å². The summed E-state index contributed by atoms with van der Waals surface area (Å²) in [5.41, 5.74) is 3.10. The van der Waals surface area contributed by atoms with Gasteiger partial charge in [0.15, 0.2) is 17.3 Å². The van der Waals surface area contributed by atoms with Gasteiger partial charge >= 0.3 is 0 Å². The average molecular weight is 645 g/mol. The highest BCUT2D eigenvalue weighted by Gasteiger charge is 2.19. The molecule has 0 aliphatic rings. The Hall–Kier alpha value is -4.99. The maximum atomic E-state index is 13.5. The number of para-hydroxylation sites is 1. The lowest BCUT2D eigenvalue weighted by atomic mass is 10.1. The Morgan fingerprint density at radius 2 is 1.31 bits per heavy atom. The normalized spacial score (nSPS) is 10.8. The van der Waals surface area contributed by atoms with Gasteiger partial charge < -0.3 is 23.4 Å². The topological polar surface area (TPSA) is 67.1 Å². The van der Waals surface area contributed by atoms with Crippen molar-refractivity contribution >= 4 is 11.0 Å². The third kappa shape index (κ3) is 10.3. The van der Waals surface area contributed by atoms with Gasteiger partial charge in [0.05, 0.1) is 19.1 Å². The van der Waals surface area contributed by atoms with E-state index >= 15 is 0 Å². The number of methoxy groups -OCH3 is 1. The Bertz CT molecular complexity index is 1820. The summed E-state index contributed by atoms with van der Waals surface area (Å²) in [7, 11) is 1.58. The Morgan fingerprint density at radius 1 is 0.667 bits per heavy atom. The number of rotatable bonds is 18. The van der Waals surface area contributed by atoms with E-state index < -0.39 is 0 Å². The van der Waals surface area contributed by atoms with Crippen LogP contribution in [0, 0.1) is 12.0 Å². The highest BCUT2D eigenvalue weighted by molar-refractivity contribution is 5.82. The fourth-order valence-corrected chi connectivity index (χ4v) is 5.45. The summed E-state index contributed by atoms with van der Waals surface area (Å²) < 4.78 is 29.5. The minimum absolute atomic E-state index is 0.0617. The van der Waals surface area contributed by atoms with Crippen LogP contribution in [-0.4, -0.2) is 13.7 Å². The molecule has 0 unspecified atom stereocenters. The maximum Gasteiger partial charge on any atom is 0.237 e. The van der Waals surface area contributed by atoms with Crippen molar-refractivity contribution in [1.29, 1.82) is 0 Å². The monoisotopic (exact) mass is 644 g/mol. The van der Waals surface area contributed by atoms with Gasteiger partial charge in [-0.15, -0.1) is 0 Å². The summed E-state index contributed by atoms with van der Waals surface area (Å²) in [6.07, 6.45) is 12.8. The van der Waals surface area contributed by atoms with Crippen LogP contribution in [0.1, 0.15) is 68.9 Å². The Kier molecular flexibility index (Phi) is 13.6. The van der Waals surface area contributed by atoms with E-state index in [0.29, 0.717) is 53.4 Å². The summed E-state index contributed by atoms with van der Waals surface area (Å²) in [5.74, 6) is 4.54. The number of hydrogen-bond donors (Lipinski definition) is 0. The molecule has 0 bridgehead atoms. The minimum atomic E-state index is -0.271. The van der Waals surface area contributed by atoms with Gasteiger partial charge in [-0.05, 0) is 54.3 Å². The molecule has 0 aliphatic heterocycles. The van der Waals surface area contributed by atoms with Crippen molar-refractivity contribution in [2.75, 3.05) is 13.7 Å². The molecule has 0 fully saturated rings. The SMILES string of the molecule is COc1cc(-c2oc3ccccc3c(=O)c2OC#CCCCCCCCCCCOCc2ccccc2)ccc1OCc1ccccc1. The zero-order valence-corrected chi connectivity index (χ0v) is 27.7. The second-order valence-corrected chi connectivity index (χ2v) is 11.7. The zero-order valence-electron chi connectivity index (χ0n) is 27.7. The fraction of sp³-hybridized carbons (Fsp3) is 0.310. The molecular weight excluding hydrogens is 600 g/mol. The summed E-state index contributed by atoms with van der Waals surface area (Å²) in [5, 5.41) is 0.438. The van der Waals surface area contributed by atoms with Crippen molar-refractivity contribution in [2.45, 2.75) is 71.0 Å². The van der Waals surface area contributed by atoms with Crippen molar-refractivity contribution in [2.24, 2.45) is 0 Å². The smallest absolute Gasteiger partial charge is 0.237 e. The average Bonchev–Trinajstić information content (AvgIpc) is 3.13. The van der Waals surface area contributed by atoms with Crippen LogP contribution in [0.15, 0.2) is 112 Å². The first kappa shape index (κ1) is 34.3. The van der Waals surface area contributed by atoms with Crippen LogP contribution in [0.3, 0.4) is 0 Å². The van der Waals surface area contributed by atoms with Crippen LogP contribution in [0.4, 0.5) is 0 Å². The van der Waals surface area contributed by atoms with E-state index in [9.17, 15) is 4.79 Å². The molecule has 5 rings (SSSR count). The highest BCUT2D eigenvalue weighted by atomic mass is 16.5. The second kappa shape index (κ2) is 19.0. The van der Waals surface area contributed by atoms with E-state index in [1.54, 1.807) is 31.4 Å². The Labute approximate surface area is 283 Å². The molecule has 4 aromatic carbocycles. The lowest BCUT2D eigenvalue weighted by Gasteiger charge is -2.13. The van der Waals surface area contributed by atoms with Gasteiger partial charge in [-0.1, -0.05) is 117 Å². The molecule has 48 heavy (non-hydrogen) atoms. The predicted octanol–water partition coefficient (Wildman–Crippen LogP) is 10.1. The first-order valence-electron chi connectivity index (χ1n) is 16.9. The predicted molar refractivity (Wildman–Crippen MR) is 191 cm³/mol. The molecule has 0 radical (unpaired) electrons. The van der Waals surface area contributed by atoms with Gasteiger partial charge in [0.25, 0.3) is 0 Å². The van der Waals surface area contributed by atoms with E-state index in [1.165, 1.54) is 37.7 Å². The van der Waals surface area contributed by atoms with Crippen molar-refractivity contribution in [3.05, 3.63) is 124 Å². The van der Waals surface area contributed by atoms with E-state index in [4.69, 9.17) is 23.4 Å². The molecule has 0 saturated carbocycles. The molecule has 0 saturated heterocycles. The molecule has 0 amide bonds. The largest absolute Gasteiger partial charge is 0.493 e. The van der Waals surface area contributed by atoms with Crippen molar-refractivity contribution in [3.63, 3.8) is 0 Å². The number of unbranched alkanes of at least 4 members (excludes halogenated alkanes) is 8. The third-order valence-corrected chi connectivity index (χ3v) is 8.10. The lowest BCUT2D eigenvalue weighted by Crippen LogP contribution is -2.07. The number of fused-ring (bicyclic) bond motifs is 1. The summed E-state index contributed by atoms with van der Waals surface area (Å²) in [6, 6.07) is 32.8. The van der Waals surface area contributed by atoms with Crippen molar-refractivity contribution in [3.8, 4) is 40.6 Å². The molecule has 248 valence electrons. The molecule has 0 aliphatic carbocycles. The molecule has 6 heteroatoms. The molecule has 1 heterocycles. The maximum absolute atomic E-state index is 13.5. The van der Waals surface area contributed by atoms with Crippen molar-refractivity contribution in [1.82, 2.24) is 0 Å². The van der Waals surface area contributed by atoms with Gasteiger partial charge in [0.1, 0.15) is 18.3 Å². The van der Waals surface area contributed by atoms with Crippen molar-refractivity contribution < 1.29 is 23.4 Å². The summed E-state index contributed by atoms with van der Waals surface area (Å²) in [4.78, 5) is 13.5. The van der Waals surface area contributed by atoms with Gasteiger partial charge in [0, 0.05) is 18.6 Å². The highest BCUT2D eigenvalue weighted by Crippen LogP contribution is 2.37. The van der Waals surface area contributed by atoms with Gasteiger partial charge in [-0.2, -0.15) is 0 Å². The third-order valence-electron chi connectivity index (χ3n) is 8.10. The van der Waals surface area contributed by atoms with Crippen LogP contribution in [0.2, 0.25) is 0 Å². The lowest BCUT2D eigenvalue weighted by molar-refractivity contribution is 0.116.